The topological polar surface area (TPSA) is 85.3 Å². The third-order valence-electron chi connectivity index (χ3n) is 3.48. The fourth-order valence-corrected chi connectivity index (χ4v) is 2.96. The zero-order chi connectivity index (χ0) is 14.5. The molecule has 0 atom stereocenters. The van der Waals surface area contributed by atoms with Crippen molar-refractivity contribution in [1.29, 1.82) is 0 Å². The summed E-state index contributed by atoms with van der Waals surface area (Å²) in [6.45, 7) is 4.66. The van der Waals surface area contributed by atoms with Gasteiger partial charge in [0.25, 0.3) is 0 Å². The highest BCUT2D eigenvalue weighted by molar-refractivity contribution is 9.10. The maximum atomic E-state index is 8.95. The van der Waals surface area contributed by atoms with Gasteiger partial charge in [0.15, 0.2) is 5.84 Å². The Morgan fingerprint density at radius 3 is 2.55 bits per heavy atom. The van der Waals surface area contributed by atoms with Gasteiger partial charge in [-0.05, 0) is 34.1 Å². The molecular formula is C13H19BrN4O2. The number of benzene rings is 1. The molecule has 7 heteroatoms. The van der Waals surface area contributed by atoms with E-state index in [-0.39, 0.29) is 12.4 Å². The molecule has 6 nitrogen and oxygen atoms in total. The van der Waals surface area contributed by atoms with E-state index in [0.717, 1.165) is 42.9 Å². The van der Waals surface area contributed by atoms with Gasteiger partial charge in [-0.25, -0.2) is 0 Å². The summed E-state index contributed by atoms with van der Waals surface area (Å²) >= 11 is 3.54. The quantitative estimate of drug-likeness (QED) is 0.324. The number of rotatable bonds is 4. The zero-order valence-electron chi connectivity index (χ0n) is 11.2. The predicted molar refractivity (Wildman–Crippen MR) is 82.4 cm³/mol. The van der Waals surface area contributed by atoms with Gasteiger partial charge in [0, 0.05) is 42.8 Å². The summed E-state index contributed by atoms with van der Waals surface area (Å²) < 4.78 is 0.928. The summed E-state index contributed by atoms with van der Waals surface area (Å²) in [4.78, 5) is 4.53. The number of amidine groups is 1. The summed E-state index contributed by atoms with van der Waals surface area (Å²) in [5.74, 6) is 0.102. The minimum absolute atomic E-state index is 0.102. The maximum absolute atomic E-state index is 8.95. The van der Waals surface area contributed by atoms with Crippen LogP contribution in [0.3, 0.4) is 0 Å². The normalized spacial score (nSPS) is 17.5. The first-order valence-corrected chi connectivity index (χ1v) is 7.30. The Morgan fingerprint density at radius 1 is 1.30 bits per heavy atom. The molecular weight excluding hydrogens is 324 g/mol. The molecule has 1 aliphatic rings. The van der Waals surface area contributed by atoms with Crippen molar-refractivity contribution in [3.05, 3.63) is 28.2 Å². The Morgan fingerprint density at radius 2 is 2.00 bits per heavy atom. The Hall–Kier alpha value is -1.31. The monoisotopic (exact) mass is 342 g/mol. The fraction of sp³-hybridized carbons (Fsp3) is 0.462. The maximum Gasteiger partial charge on any atom is 0.170 e. The number of nitrogens with zero attached hydrogens (tertiary/aromatic N) is 3. The van der Waals surface area contributed by atoms with Gasteiger partial charge in [0.1, 0.15) is 0 Å². The van der Waals surface area contributed by atoms with E-state index in [4.69, 9.17) is 16.0 Å². The van der Waals surface area contributed by atoms with E-state index in [1.165, 1.54) is 0 Å². The number of aliphatic hydroxyl groups is 1. The van der Waals surface area contributed by atoms with Crippen LogP contribution >= 0.6 is 15.9 Å². The van der Waals surface area contributed by atoms with Crippen molar-refractivity contribution >= 4 is 27.5 Å². The molecule has 0 aromatic heterocycles. The van der Waals surface area contributed by atoms with Crippen molar-refractivity contribution in [2.75, 3.05) is 44.2 Å². The standard InChI is InChI=1S/C13H19BrN4O2/c14-11-9-10(13(15)16-20)1-2-12(11)18-5-3-17(4-6-18)7-8-19/h1-2,9,19-20H,3-8H2,(H2,15,16). The van der Waals surface area contributed by atoms with Crippen LogP contribution in [0.2, 0.25) is 0 Å². The first-order chi connectivity index (χ1) is 9.65. The molecule has 20 heavy (non-hydrogen) atoms. The molecule has 1 aromatic carbocycles. The number of aliphatic hydroxyl groups excluding tert-OH is 1. The molecule has 1 saturated heterocycles. The lowest BCUT2D eigenvalue weighted by Crippen LogP contribution is -2.47. The predicted octanol–water partition coefficient (Wildman–Crippen LogP) is 0.658. The fourth-order valence-electron chi connectivity index (χ4n) is 2.33. The Bertz CT molecular complexity index is 487. The number of piperazine rings is 1. The van der Waals surface area contributed by atoms with E-state index >= 15 is 0 Å². The van der Waals surface area contributed by atoms with E-state index in [9.17, 15) is 0 Å². The van der Waals surface area contributed by atoms with Gasteiger partial charge < -0.3 is 20.9 Å². The van der Waals surface area contributed by atoms with Crippen LogP contribution in [-0.2, 0) is 0 Å². The molecule has 0 amide bonds. The SMILES string of the molecule is N/C(=N/O)c1ccc(N2CCN(CCO)CC2)c(Br)c1. The minimum atomic E-state index is 0.102. The Labute approximate surface area is 126 Å². The van der Waals surface area contributed by atoms with Crippen molar-refractivity contribution in [2.24, 2.45) is 10.9 Å². The van der Waals surface area contributed by atoms with Crippen molar-refractivity contribution in [3.63, 3.8) is 0 Å². The van der Waals surface area contributed by atoms with Crippen LogP contribution < -0.4 is 10.6 Å². The lowest BCUT2D eigenvalue weighted by atomic mass is 10.1. The van der Waals surface area contributed by atoms with E-state index < -0.39 is 0 Å². The number of β-amino-alcohol motifs (C(OH)–C–C–N with tert-alkyl or cyclic N) is 1. The molecule has 0 unspecified atom stereocenters. The molecule has 0 aliphatic carbocycles. The summed E-state index contributed by atoms with van der Waals surface area (Å²) in [7, 11) is 0. The first kappa shape index (κ1) is 15.1. The third kappa shape index (κ3) is 3.41. The van der Waals surface area contributed by atoms with Crippen LogP contribution in [0.4, 0.5) is 5.69 Å². The second kappa shape index (κ2) is 6.92. The van der Waals surface area contributed by atoms with Crippen molar-refractivity contribution in [1.82, 2.24) is 4.90 Å². The highest BCUT2D eigenvalue weighted by atomic mass is 79.9. The molecule has 1 fully saturated rings. The lowest BCUT2D eigenvalue weighted by Gasteiger charge is -2.36. The Balaban J connectivity index is 2.07. The summed E-state index contributed by atoms with van der Waals surface area (Å²) in [6.07, 6.45) is 0. The summed E-state index contributed by atoms with van der Waals surface area (Å²) in [5, 5.41) is 20.6. The lowest BCUT2D eigenvalue weighted by molar-refractivity contribution is 0.188. The first-order valence-electron chi connectivity index (χ1n) is 6.51. The highest BCUT2D eigenvalue weighted by Crippen LogP contribution is 2.28. The smallest absolute Gasteiger partial charge is 0.170 e. The van der Waals surface area contributed by atoms with E-state index in [0.29, 0.717) is 5.56 Å². The molecule has 0 spiro atoms. The number of oxime groups is 1. The summed E-state index contributed by atoms with van der Waals surface area (Å²) in [5.41, 5.74) is 7.36. The molecule has 1 heterocycles. The summed E-state index contributed by atoms with van der Waals surface area (Å²) in [6, 6.07) is 5.67. The van der Waals surface area contributed by atoms with Crippen LogP contribution in [0.1, 0.15) is 5.56 Å². The van der Waals surface area contributed by atoms with Crippen molar-refractivity contribution in [2.45, 2.75) is 0 Å². The molecule has 0 saturated carbocycles. The minimum Gasteiger partial charge on any atom is -0.409 e. The van der Waals surface area contributed by atoms with Gasteiger partial charge in [0.2, 0.25) is 0 Å². The molecule has 110 valence electrons. The van der Waals surface area contributed by atoms with Crippen molar-refractivity contribution in [3.8, 4) is 0 Å². The molecule has 0 bridgehead atoms. The number of hydrogen-bond acceptors (Lipinski definition) is 5. The number of hydrogen-bond donors (Lipinski definition) is 3. The van der Waals surface area contributed by atoms with Gasteiger partial charge in [0.05, 0.1) is 12.3 Å². The molecule has 4 N–H and O–H groups in total. The van der Waals surface area contributed by atoms with Crippen LogP contribution in [-0.4, -0.2) is 60.4 Å². The van der Waals surface area contributed by atoms with Gasteiger partial charge in [-0.3, -0.25) is 4.90 Å². The molecule has 2 rings (SSSR count). The van der Waals surface area contributed by atoms with Crippen LogP contribution in [0, 0.1) is 0 Å². The Kier molecular flexibility index (Phi) is 5.22. The van der Waals surface area contributed by atoms with Gasteiger partial charge in [-0.15, -0.1) is 0 Å². The number of nitrogens with two attached hydrogens (primary N) is 1. The molecule has 1 aromatic rings. The van der Waals surface area contributed by atoms with E-state index in [1.54, 1.807) is 0 Å². The van der Waals surface area contributed by atoms with Gasteiger partial charge in [-0.2, -0.15) is 0 Å². The van der Waals surface area contributed by atoms with Crippen LogP contribution in [0.15, 0.2) is 27.8 Å². The number of anilines is 1. The third-order valence-corrected chi connectivity index (χ3v) is 4.12. The number of halogens is 1. The largest absolute Gasteiger partial charge is 0.409 e. The average molecular weight is 343 g/mol. The molecule has 0 radical (unpaired) electrons. The molecule has 1 aliphatic heterocycles. The van der Waals surface area contributed by atoms with Crippen LogP contribution in [0.5, 0.6) is 0 Å². The zero-order valence-corrected chi connectivity index (χ0v) is 12.8. The van der Waals surface area contributed by atoms with Crippen molar-refractivity contribution < 1.29 is 10.3 Å². The average Bonchev–Trinajstić information content (AvgIpc) is 2.47. The van der Waals surface area contributed by atoms with Crippen LogP contribution in [0.25, 0.3) is 0 Å². The second-order valence-corrected chi connectivity index (χ2v) is 5.56. The van der Waals surface area contributed by atoms with E-state index in [1.807, 2.05) is 18.2 Å². The second-order valence-electron chi connectivity index (χ2n) is 4.70. The van der Waals surface area contributed by atoms with Gasteiger partial charge in [-0.1, -0.05) is 5.16 Å². The van der Waals surface area contributed by atoms with Gasteiger partial charge >= 0.3 is 0 Å². The highest BCUT2D eigenvalue weighted by Gasteiger charge is 2.18. The van der Waals surface area contributed by atoms with E-state index in [2.05, 4.69) is 30.9 Å².